The summed E-state index contributed by atoms with van der Waals surface area (Å²) in [6, 6.07) is 19.0. The van der Waals surface area contributed by atoms with E-state index >= 15 is 0 Å². The fraction of sp³-hybridized carbons (Fsp3) is 0. The Morgan fingerprint density at radius 2 is 1.60 bits per heavy atom. The van der Waals surface area contributed by atoms with E-state index < -0.39 is 4.92 Å². The van der Waals surface area contributed by atoms with Gasteiger partial charge in [-0.25, -0.2) is 4.99 Å². The van der Waals surface area contributed by atoms with Crippen LogP contribution in [-0.2, 0) is 4.79 Å². The third-order valence-corrected chi connectivity index (χ3v) is 4.73. The minimum Gasteiger partial charge on any atom is -0.508 e. The molecule has 0 fully saturated rings. The molecule has 3 aromatic rings. The summed E-state index contributed by atoms with van der Waals surface area (Å²) in [5.41, 5.74) is 1.98. The number of phenols is 1. The maximum Gasteiger partial charge on any atom is 0.282 e. The van der Waals surface area contributed by atoms with E-state index in [1.165, 1.54) is 29.2 Å². The standard InChI is InChI=1S/C22H14ClN3O4/c23-16-5-3-15(4-6-16)21-24-20(13-14-1-7-18(8-2-14)26(29)30)22(28)25(21)17-9-11-19(27)12-10-17/h1-13,27H/b20-13+. The van der Waals surface area contributed by atoms with E-state index in [-0.39, 0.29) is 23.0 Å². The van der Waals surface area contributed by atoms with Gasteiger partial charge in [0.05, 0.1) is 10.6 Å². The first-order chi connectivity index (χ1) is 14.4. The molecule has 0 aliphatic carbocycles. The normalized spacial score (nSPS) is 14.8. The summed E-state index contributed by atoms with van der Waals surface area (Å²) in [4.78, 5) is 29.5. The second kappa shape index (κ2) is 7.81. The van der Waals surface area contributed by atoms with Crippen LogP contribution in [0, 0.1) is 10.1 Å². The molecule has 0 saturated carbocycles. The highest BCUT2D eigenvalue weighted by atomic mass is 35.5. The molecule has 1 aliphatic rings. The molecule has 0 unspecified atom stereocenters. The lowest BCUT2D eigenvalue weighted by Gasteiger charge is -2.18. The molecular formula is C22H14ClN3O4. The van der Waals surface area contributed by atoms with E-state index in [4.69, 9.17) is 11.6 Å². The van der Waals surface area contributed by atoms with Crippen LogP contribution in [0.15, 0.2) is 83.5 Å². The Hall–Kier alpha value is -3.97. The van der Waals surface area contributed by atoms with Gasteiger partial charge in [-0.05, 0) is 72.3 Å². The summed E-state index contributed by atoms with van der Waals surface area (Å²) < 4.78 is 0. The van der Waals surface area contributed by atoms with Gasteiger partial charge in [0.25, 0.3) is 11.6 Å². The van der Waals surface area contributed by atoms with Crippen LogP contribution < -0.4 is 4.90 Å². The largest absolute Gasteiger partial charge is 0.508 e. The topological polar surface area (TPSA) is 96.0 Å². The molecule has 1 amide bonds. The van der Waals surface area contributed by atoms with Crippen molar-refractivity contribution < 1.29 is 14.8 Å². The zero-order chi connectivity index (χ0) is 21.3. The van der Waals surface area contributed by atoms with Crippen molar-refractivity contribution >= 4 is 40.8 Å². The first kappa shape index (κ1) is 19.4. The number of halogens is 1. The smallest absolute Gasteiger partial charge is 0.282 e. The van der Waals surface area contributed by atoms with E-state index in [1.54, 1.807) is 54.6 Å². The number of nitrogens with zero attached hydrogens (tertiary/aromatic N) is 3. The number of hydrogen-bond donors (Lipinski definition) is 1. The highest BCUT2D eigenvalue weighted by Crippen LogP contribution is 2.29. The number of phenolic OH excluding ortho intramolecular Hbond substituents is 1. The molecular weight excluding hydrogens is 406 g/mol. The van der Waals surface area contributed by atoms with Gasteiger partial charge in [0.15, 0.2) is 0 Å². The summed E-state index contributed by atoms with van der Waals surface area (Å²) in [6.07, 6.45) is 1.57. The number of hydrogen-bond acceptors (Lipinski definition) is 5. The lowest BCUT2D eigenvalue weighted by atomic mass is 10.1. The van der Waals surface area contributed by atoms with Gasteiger partial charge in [-0.3, -0.25) is 19.8 Å². The van der Waals surface area contributed by atoms with Gasteiger partial charge in [-0.1, -0.05) is 11.6 Å². The molecule has 0 spiro atoms. The van der Waals surface area contributed by atoms with Gasteiger partial charge in [0, 0.05) is 22.7 Å². The fourth-order valence-corrected chi connectivity index (χ4v) is 3.13. The van der Waals surface area contributed by atoms with Crippen LogP contribution in [0.25, 0.3) is 6.08 Å². The van der Waals surface area contributed by atoms with Crippen molar-refractivity contribution in [2.24, 2.45) is 4.99 Å². The summed E-state index contributed by atoms with van der Waals surface area (Å²) in [5.74, 6) is 0.136. The number of carbonyl (C=O) groups excluding carboxylic acids is 1. The van der Waals surface area contributed by atoms with Crippen molar-refractivity contribution in [1.29, 1.82) is 0 Å². The summed E-state index contributed by atoms with van der Waals surface area (Å²) >= 11 is 5.98. The van der Waals surface area contributed by atoms with E-state index in [0.717, 1.165) is 0 Å². The average Bonchev–Trinajstić information content (AvgIpc) is 3.06. The van der Waals surface area contributed by atoms with Crippen molar-refractivity contribution in [3.8, 4) is 5.75 Å². The first-order valence-corrected chi connectivity index (χ1v) is 9.24. The zero-order valence-electron chi connectivity index (χ0n) is 15.4. The van der Waals surface area contributed by atoms with E-state index in [2.05, 4.69) is 4.99 Å². The molecule has 4 rings (SSSR count). The number of non-ortho nitro benzene ring substituents is 1. The van der Waals surface area contributed by atoms with Crippen LogP contribution in [-0.4, -0.2) is 21.8 Å². The molecule has 0 bridgehead atoms. The molecule has 8 heteroatoms. The van der Waals surface area contributed by atoms with E-state index in [0.29, 0.717) is 27.7 Å². The van der Waals surface area contributed by atoms with Crippen LogP contribution in [0.5, 0.6) is 5.75 Å². The maximum atomic E-state index is 13.2. The Balaban J connectivity index is 1.78. The van der Waals surface area contributed by atoms with Crippen molar-refractivity contribution in [3.05, 3.63) is 105 Å². The molecule has 0 aromatic heterocycles. The number of anilines is 1. The number of nitro groups is 1. The number of amides is 1. The Bertz CT molecular complexity index is 1180. The first-order valence-electron chi connectivity index (χ1n) is 8.86. The number of carbonyl (C=O) groups is 1. The zero-order valence-corrected chi connectivity index (χ0v) is 16.2. The summed E-state index contributed by atoms with van der Waals surface area (Å²) in [6.45, 7) is 0. The molecule has 148 valence electrons. The van der Waals surface area contributed by atoms with Crippen molar-refractivity contribution in [2.45, 2.75) is 0 Å². The third kappa shape index (κ3) is 3.78. The lowest BCUT2D eigenvalue weighted by Crippen LogP contribution is -2.32. The number of nitro benzene ring substituents is 1. The van der Waals surface area contributed by atoms with Gasteiger partial charge in [-0.2, -0.15) is 0 Å². The molecule has 3 aromatic carbocycles. The average molecular weight is 420 g/mol. The molecule has 0 atom stereocenters. The van der Waals surface area contributed by atoms with Crippen molar-refractivity contribution in [2.75, 3.05) is 4.90 Å². The molecule has 1 aliphatic heterocycles. The van der Waals surface area contributed by atoms with Crippen LogP contribution >= 0.6 is 11.6 Å². The van der Waals surface area contributed by atoms with Gasteiger partial charge in [0.1, 0.15) is 17.3 Å². The summed E-state index contributed by atoms with van der Waals surface area (Å²) in [7, 11) is 0. The minimum absolute atomic E-state index is 0.0361. The molecule has 1 N–H and O–H groups in total. The SMILES string of the molecule is O=C1/C(=C\c2ccc([N+](=O)[O-])cc2)N=C(c2ccc(Cl)cc2)N1c1ccc(O)cc1. The highest BCUT2D eigenvalue weighted by Gasteiger charge is 2.32. The van der Waals surface area contributed by atoms with Gasteiger partial charge in [0.2, 0.25) is 0 Å². The monoisotopic (exact) mass is 419 g/mol. The van der Waals surface area contributed by atoms with Crippen molar-refractivity contribution in [1.82, 2.24) is 0 Å². The minimum atomic E-state index is -0.485. The van der Waals surface area contributed by atoms with Gasteiger partial charge in [-0.15, -0.1) is 0 Å². The predicted molar refractivity (Wildman–Crippen MR) is 115 cm³/mol. The highest BCUT2D eigenvalue weighted by molar-refractivity contribution is 6.34. The third-order valence-electron chi connectivity index (χ3n) is 4.48. The Labute approximate surface area is 176 Å². The van der Waals surface area contributed by atoms with E-state index in [1.807, 2.05) is 0 Å². The van der Waals surface area contributed by atoms with Crippen LogP contribution in [0.1, 0.15) is 11.1 Å². The maximum absolute atomic E-state index is 13.2. The lowest BCUT2D eigenvalue weighted by molar-refractivity contribution is -0.384. The summed E-state index contributed by atoms with van der Waals surface area (Å²) in [5, 5.41) is 21.0. The predicted octanol–water partition coefficient (Wildman–Crippen LogP) is 4.79. The van der Waals surface area contributed by atoms with Crippen LogP contribution in [0.3, 0.4) is 0 Å². The fourth-order valence-electron chi connectivity index (χ4n) is 3.00. The number of rotatable bonds is 4. The second-order valence-electron chi connectivity index (χ2n) is 6.48. The van der Waals surface area contributed by atoms with Crippen LogP contribution in [0.2, 0.25) is 5.02 Å². The quantitative estimate of drug-likeness (QED) is 0.373. The number of aliphatic imine (C=N–C) groups is 1. The second-order valence-corrected chi connectivity index (χ2v) is 6.91. The number of amidine groups is 1. The molecule has 7 nitrogen and oxygen atoms in total. The molecule has 0 radical (unpaired) electrons. The molecule has 30 heavy (non-hydrogen) atoms. The Morgan fingerprint density at radius 1 is 0.967 bits per heavy atom. The Morgan fingerprint density at radius 3 is 2.20 bits per heavy atom. The van der Waals surface area contributed by atoms with E-state index in [9.17, 15) is 20.0 Å². The number of aromatic hydroxyl groups is 1. The van der Waals surface area contributed by atoms with Crippen molar-refractivity contribution in [3.63, 3.8) is 0 Å². The van der Waals surface area contributed by atoms with Gasteiger partial charge < -0.3 is 5.11 Å². The molecule has 1 heterocycles. The van der Waals surface area contributed by atoms with Crippen LogP contribution in [0.4, 0.5) is 11.4 Å². The Kier molecular flexibility index (Phi) is 5.04. The number of benzene rings is 3. The van der Waals surface area contributed by atoms with Gasteiger partial charge >= 0.3 is 0 Å². The molecule has 0 saturated heterocycles.